The van der Waals surface area contributed by atoms with E-state index in [1.54, 1.807) is 6.20 Å². The lowest BCUT2D eigenvalue weighted by molar-refractivity contribution is 0.102. The van der Waals surface area contributed by atoms with Crippen LogP contribution in [-0.4, -0.2) is 10.9 Å². The summed E-state index contributed by atoms with van der Waals surface area (Å²) in [5, 5.41) is 3.92. The van der Waals surface area contributed by atoms with E-state index >= 15 is 0 Å². The molecule has 3 nitrogen and oxygen atoms in total. The van der Waals surface area contributed by atoms with Crippen LogP contribution in [0.3, 0.4) is 0 Å². The second-order valence-electron chi connectivity index (χ2n) is 5.19. The molecule has 0 fully saturated rings. The van der Waals surface area contributed by atoms with Gasteiger partial charge in [-0.15, -0.1) is 0 Å². The molecule has 0 spiro atoms. The lowest BCUT2D eigenvalue weighted by Gasteiger charge is -2.09. The number of aryl methyl sites for hydroxylation is 2. The number of fused-ring (bicyclic) bond motifs is 1. The third-order valence-corrected chi connectivity index (χ3v) is 3.49. The molecule has 0 atom stereocenters. The third kappa shape index (κ3) is 2.77. The van der Waals surface area contributed by atoms with Gasteiger partial charge in [-0.25, -0.2) is 0 Å². The molecular formula is C18H16N2O. The van der Waals surface area contributed by atoms with Crippen molar-refractivity contribution in [2.75, 3.05) is 5.32 Å². The highest BCUT2D eigenvalue weighted by molar-refractivity contribution is 6.06. The van der Waals surface area contributed by atoms with Crippen LogP contribution in [0.15, 0.2) is 54.7 Å². The molecule has 104 valence electrons. The summed E-state index contributed by atoms with van der Waals surface area (Å²) in [4.78, 5) is 16.7. The van der Waals surface area contributed by atoms with Crippen molar-refractivity contribution in [2.24, 2.45) is 0 Å². The topological polar surface area (TPSA) is 42.0 Å². The molecule has 1 aromatic heterocycles. The Labute approximate surface area is 123 Å². The van der Waals surface area contributed by atoms with Crippen LogP contribution in [0.2, 0.25) is 0 Å². The third-order valence-electron chi connectivity index (χ3n) is 3.49. The summed E-state index contributed by atoms with van der Waals surface area (Å²) >= 11 is 0. The van der Waals surface area contributed by atoms with Gasteiger partial charge in [-0.2, -0.15) is 0 Å². The summed E-state index contributed by atoms with van der Waals surface area (Å²) in [6, 6.07) is 15.6. The van der Waals surface area contributed by atoms with Crippen molar-refractivity contribution < 1.29 is 4.79 Å². The Bertz CT molecular complexity index is 824. The Hall–Kier alpha value is -2.68. The fourth-order valence-electron chi connectivity index (χ4n) is 2.26. The van der Waals surface area contributed by atoms with E-state index in [2.05, 4.69) is 10.3 Å². The highest BCUT2D eigenvalue weighted by Gasteiger charge is 2.09. The van der Waals surface area contributed by atoms with E-state index in [9.17, 15) is 4.79 Å². The van der Waals surface area contributed by atoms with Gasteiger partial charge < -0.3 is 5.32 Å². The van der Waals surface area contributed by atoms with E-state index in [0.717, 1.165) is 27.7 Å². The maximum atomic E-state index is 12.4. The van der Waals surface area contributed by atoms with Crippen molar-refractivity contribution in [2.45, 2.75) is 13.8 Å². The molecule has 0 aliphatic heterocycles. The van der Waals surface area contributed by atoms with Gasteiger partial charge in [-0.05, 0) is 43.2 Å². The number of pyridine rings is 1. The number of para-hydroxylation sites is 1. The van der Waals surface area contributed by atoms with Gasteiger partial charge in [0.1, 0.15) is 0 Å². The molecular weight excluding hydrogens is 260 g/mol. The smallest absolute Gasteiger partial charge is 0.257 e. The fraction of sp³-hybridized carbons (Fsp3) is 0.111. The first-order valence-corrected chi connectivity index (χ1v) is 6.87. The first kappa shape index (κ1) is 13.3. The van der Waals surface area contributed by atoms with E-state index in [4.69, 9.17) is 0 Å². The minimum Gasteiger partial charge on any atom is -0.322 e. The quantitative estimate of drug-likeness (QED) is 0.765. The van der Waals surface area contributed by atoms with E-state index < -0.39 is 0 Å². The molecule has 3 heteroatoms. The largest absolute Gasteiger partial charge is 0.322 e. The molecule has 1 heterocycles. The summed E-state index contributed by atoms with van der Waals surface area (Å²) < 4.78 is 0. The summed E-state index contributed by atoms with van der Waals surface area (Å²) in [5.74, 6) is -0.137. The van der Waals surface area contributed by atoms with Gasteiger partial charge >= 0.3 is 0 Å². The molecule has 3 aromatic rings. The van der Waals surface area contributed by atoms with Crippen LogP contribution in [0.1, 0.15) is 21.5 Å². The van der Waals surface area contributed by atoms with Crippen LogP contribution >= 0.6 is 0 Å². The number of hydrogen-bond donors (Lipinski definition) is 1. The number of anilines is 1. The Morgan fingerprint density at radius 1 is 1.05 bits per heavy atom. The van der Waals surface area contributed by atoms with Crippen LogP contribution in [0.5, 0.6) is 0 Å². The van der Waals surface area contributed by atoms with Crippen LogP contribution < -0.4 is 5.32 Å². The molecule has 2 aromatic carbocycles. The van der Waals surface area contributed by atoms with E-state index in [0.29, 0.717) is 5.56 Å². The summed E-state index contributed by atoms with van der Waals surface area (Å²) in [7, 11) is 0. The highest BCUT2D eigenvalue weighted by Crippen LogP contribution is 2.18. The van der Waals surface area contributed by atoms with Gasteiger partial charge in [-0.3, -0.25) is 9.78 Å². The maximum absolute atomic E-state index is 12.4. The Morgan fingerprint density at radius 2 is 1.86 bits per heavy atom. The molecule has 0 bridgehead atoms. The van der Waals surface area contributed by atoms with Gasteiger partial charge in [0.25, 0.3) is 5.91 Å². The molecule has 3 rings (SSSR count). The molecule has 0 aliphatic carbocycles. The number of carbonyl (C=O) groups excluding carboxylic acids is 1. The Morgan fingerprint density at radius 3 is 2.71 bits per heavy atom. The molecule has 0 aliphatic rings. The zero-order chi connectivity index (χ0) is 14.8. The molecule has 1 N–H and O–H groups in total. The van der Waals surface area contributed by atoms with Gasteiger partial charge in [0.2, 0.25) is 0 Å². The predicted octanol–water partition coefficient (Wildman–Crippen LogP) is 4.10. The molecule has 1 amide bonds. The number of carbonyl (C=O) groups is 1. The van der Waals surface area contributed by atoms with E-state index in [-0.39, 0.29) is 5.91 Å². The second-order valence-corrected chi connectivity index (χ2v) is 5.19. The average molecular weight is 276 g/mol. The zero-order valence-electron chi connectivity index (χ0n) is 12.1. The van der Waals surface area contributed by atoms with Crippen LogP contribution in [0.4, 0.5) is 5.69 Å². The van der Waals surface area contributed by atoms with E-state index in [1.165, 1.54) is 0 Å². The number of hydrogen-bond acceptors (Lipinski definition) is 2. The summed E-state index contributed by atoms with van der Waals surface area (Å²) in [6.07, 6.45) is 1.61. The molecule has 0 saturated carbocycles. The molecule has 21 heavy (non-hydrogen) atoms. The lowest BCUT2D eigenvalue weighted by atomic mass is 10.1. The van der Waals surface area contributed by atoms with Crippen LogP contribution in [0.25, 0.3) is 10.9 Å². The first-order chi connectivity index (χ1) is 10.1. The highest BCUT2D eigenvalue weighted by atomic mass is 16.1. The molecule has 0 saturated heterocycles. The minimum atomic E-state index is -0.137. The average Bonchev–Trinajstić information content (AvgIpc) is 2.50. The second kappa shape index (κ2) is 5.37. The van der Waals surface area contributed by atoms with Crippen molar-refractivity contribution in [3.05, 3.63) is 71.4 Å². The number of aromatic nitrogens is 1. The van der Waals surface area contributed by atoms with Gasteiger partial charge in [0, 0.05) is 17.3 Å². The number of amides is 1. The van der Waals surface area contributed by atoms with Gasteiger partial charge in [-0.1, -0.05) is 30.3 Å². The van der Waals surface area contributed by atoms with Crippen LogP contribution in [-0.2, 0) is 0 Å². The van der Waals surface area contributed by atoms with Gasteiger partial charge in [0.05, 0.1) is 11.1 Å². The Kier molecular flexibility index (Phi) is 3.40. The number of nitrogens with zero attached hydrogens (tertiary/aromatic N) is 1. The molecule has 0 unspecified atom stereocenters. The first-order valence-electron chi connectivity index (χ1n) is 6.87. The van der Waals surface area contributed by atoms with E-state index in [1.807, 2.05) is 62.4 Å². The van der Waals surface area contributed by atoms with Crippen molar-refractivity contribution in [1.29, 1.82) is 0 Å². The maximum Gasteiger partial charge on any atom is 0.257 e. The van der Waals surface area contributed by atoms with Crippen molar-refractivity contribution in [3.8, 4) is 0 Å². The van der Waals surface area contributed by atoms with Gasteiger partial charge in [0.15, 0.2) is 0 Å². The normalized spacial score (nSPS) is 10.6. The minimum absolute atomic E-state index is 0.137. The van der Waals surface area contributed by atoms with Crippen LogP contribution in [0, 0.1) is 13.8 Å². The number of benzene rings is 2. The number of nitrogens with one attached hydrogen (secondary N) is 1. The monoisotopic (exact) mass is 276 g/mol. The number of rotatable bonds is 2. The molecule has 0 radical (unpaired) electrons. The SMILES string of the molecule is Cc1ccc(C)c(NC(=O)c2cnc3ccccc3c2)c1. The zero-order valence-corrected chi connectivity index (χ0v) is 12.1. The Balaban J connectivity index is 1.91. The van der Waals surface area contributed by atoms with Crippen molar-refractivity contribution in [3.63, 3.8) is 0 Å². The lowest BCUT2D eigenvalue weighted by Crippen LogP contribution is -2.13. The summed E-state index contributed by atoms with van der Waals surface area (Å²) in [5.41, 5.74) is 4.46. The fourth-order valence-corrected chi connectivity index (χ4v) is 2.26. The summed E-state index contributed by atoms with van der Waals surface area (Å²) in [6.45, 7) is 3.99. The van der Waals surface area contributed by atoms with Crippen molar-refractivity contribution >= 4 is 22.5 Å². The van der Waals surface area contributed by atoms with Crippen molar-refractivity contribution in [1.82, 2.24) is 4.98 Å². The predicted molar refractivity (Wildman–Crippen MR) is 85.6 cm³/mol. The standard InChI is InChI=1S/C18H16N2O/c1-12-7-8-13(2)17(9-12)20-18(21)15-10-14-5-3-4-6-16(14)19-11-15/h3-11H,1-2H3,(H,20,21).